The zero-order valence-electron chi connectivity index (χ0n) is 16.0. The van der Waals surface area contributed by atoms with E-state index in [1.54, 1.807) is 25.6 Å². The molecule has 0 saturated heterocycles. The maximum atomic E-state index is 13.0. The van der Waals surface area contributed by atoms with Gasteiger partial charge in [0, 0.05) is 7.05 Å². The van der Waals surface area contributed by atoms with Gasteiger partial charge in [-0.15, -0.1) is 0 Å². The fourth-order valence-corrected chi connectivity index (χ4v) is 2.92. The summed E-state index contributed by atoms with van der Waals surface area (Å²) in [6.07, 6.45) is -0.420. The van der Waals surface area contributed by atoms with Crippen LogP contribution in [0.5, 0.6) is 5.75 Å². The Kier molecular flexibility index (Phi) is 5.63. The molecule has 1 aromatic heterocycles. The van der Waals surface area contributed by atoms with E-state index in [4.69, 9.17) is 4.74 Å². The topological polar surface area (TPSA) is 65.3 Å². The van der Waals surface area contributed by atoms with Crippen molar-refractivity contribution in [2.45, 2.75) is 26.4 Å². The molecule has 1 N–H and O–H groups in total. The van der Waals surface area contributed by atoms with Gasteiger partial charge in [-0.3, -0.25) is 14.3 Å². The number of nitrogens with zero attached hydrogens (tertiary/aromatic N) is 2. The molecule has 3 aromatic rings. The average Bonchev–Trinajstić information content (AvgIpc) is 2.91. The van der Waals surface area contributed by atoms with Crippen LogP contribution in [0.25, 0.3) is 5.69 Å². The van der Waals surface area contributed by atoms with Crippen LogP contribution in [-0.2, 0) is 11.8 Å². The van der Waals surface area contributed by atoms with Crippen molar-refractivity contribution < 1.29 is 13.9 Å². The number of hydrogen-bond donors (Lipinski definition) is 1. The number of nitrogens with one attached hydrogen (secondary N) is 1. The van der Waals surface area contributed by atoms with Crippen LogP contribution >= 0.6 is 0 Å². The summed E-state index contributed by atoms with van der Waals surface area (Å²) >= 11 is 0. The first-order valence-corrected chi connectivity index (χ1v) is 8.99. The summed E-state index contributed by atoms with van der Waals surface area (Å²) in [5, 5.41) is 2.70. The molecule has 6 nitrogen and oxygen atoms in total. The monoisotopic (exact) mass is 383 g/mol. The number of amides is 1. The number of rotatable bonds is 6. The third kappa shape index (κ3) is 3.83. The maximum Gasteiger partial charge on any atom is 0.295 e. The Bertz CT molecular complexity index is 1020. The Labute approximate surface area is 162 Å². The van der Waals surface area contributed by atoms with E-state index in [1.807, 2.05) is 30.3 Å². The third-order valence-corrected chi connectivity index (χ3v) is 4.56. The highest BCUT2D eigenvalue weighted by molar-refractivity contribution is 5.94. The van der Waals surface area contributed by atoms with E-state index in [0.29, 0.717) is 23.6 Å². The molecule has 2 aromatic carbocycles. The number of anilines is 1. The van der Waals surface area contributed by atoms with Crippen LogP contribution in [0.15, 0.2) is 59.4 Å². The molecule has 0 saturated carbocycles. The fraction of sp³-hybridized carbons (Fsp3) is 0.238. The van der Waals surface area contributed by atoms with E-state index in [9.17, 15) is 14.0 Å². The number of benzene rings is 2. The van der Waals surface area contributed by atoms with Crippen molar-refractivity contribution in [2.75, 3.05) is 5.32 Å². The number of para-hydroxylation sites is 1. The minimum absolute atomic E-state index is 0.206. The van der Waals surface area contributed by atoms with E-state index in [1.165, 1.54) is 28.9 Å². The molecule has 0 bridgehead atoms. The molecule has 1 atom stereocenters. The fourth-order valence-electron chi connectivity index (χ4n) is 2.92. The van der Waals surface area contributed by atoms with Crippen LogP contribution in [0.2, 0.25) is 0 Å². The first-order chi connectivity index (χ1) is 13.4. The number of carbonyl (C=O) groups excluding carboxylic acids is 1. The molecule has 28 heavy (non-hydrogen) atoms. The van der Waals surface area contributed by atoms with Gasteiger partial charge in [-0.2, -0.15) is 0 Å². The molecule has 0 spiro atoms. The first kappa shape index (κ1) is 19.4. The second-order valence-electron chi connectivity index (χ2n) is 6.39. The van der Waals surface area contributed by atoms with Gasteiger partial charge in [-0.05, 0) is 49.7 Å². The van der Waals surface area contributed by atoms with Crippen LogP contribution in [0.4, 0.5) is 10.1 Å². The van der Waals surface area contributed by atoms with E-state index < -0.39 is 12.0 Å². The highest BCUT2D eigenvalue weighted by Gasteiger charge is 2.23. The third-order valence-electron chi connectivity index (χ3n) is 4.56. The van der Waals surface area contributed by atoms with Gasteiger partial charge >= 0.3 is 0 Å². The predicted molar refractivity (Wildman–Crippen MR) is 105 cm³/mol. The highest BCUT2D eigenvalue weighted by Crippen LogP contribution is 2.17. The molecule has 146 valence electrons. The van der Waals surface area contributed by atoms with Crippen LogP contribution in [0.1, 0.15) is 19.0 Å². The smallest absolute Gasteiger partial charge is 0.295 e. The van der Waals surface area contributed by atoms with Crippen molar-refractivity contribution in [1.29, 1.82) is 0 Å². The molecule has 0 aliphatic heterocycles. The van der Waals surface area contributed by atoms with Crippen molar-refractivity contribution >= 4 is 11.6 Å². The molecule has 1 heterocycles. The lowest BCUT2D eigenvalue weighted by Gasteiger charge is -2.16. The summed E-state index contributed by atoms with van der Waals surface area (Å²) in [5.41, 5.74) is 1.21. The second-order valence-corrected chi connectivity index (χ2v) is 6.39. The molecule has 7 heteroatoms. The van der Waals surface area contributed by atoms with Crippen LogP contribution in [0.3, 0.4) is 0 Å². The molecule has 0 aliphatic carbocycles. The van der Waals surface area contributed by atoms with Gasteiger partial charge in [-0.1, -0.05) is 25.1 Å². The van der Waals surface area contributed by atoms with Crippen molar-refractivity contribution in [3.63, 3.8) is 0 Å². The molecule has 0 radical (unpaired) electrons. The van der Waals surface area contributed by atoms with E-state index in [2.05, 4.69) is 5.32 Å². The second kappa shape index (κ2) is 8.12. The number of halogens is 1. The zero-order chi connectivity index (χ0) is 20.3. The summed E-state index contributed by atoms with van der Waals surface area (Å²) in [4.78, 5) is 25.6. The molecule has 1 unspecified atom stereocenters. The Morgan fingerprint density at radius 2 is 1.79 bits per heavy atom. The lowest BCUT2D eigenvalue weighted by atomic mass is 10.2. The van der Waals surface area contributed by atoms with E-state index in [-0.39, 0.29) is 17.1 Å². The van der Waals surface area contributed by atoms with Crippen LogP contribution in [0, 0.1) is 12.7 Å². The highest BCUT2D eigenvalue weighted by atomic mass is 19.1. The summed E-state index contributed by atoms with van der Waals surface area (Å²) in [5.74, 6) is -0.432. The molecule has 3 rings (SSSR count). The predicted octanol–water partition coefficient (Wildman–Crippen LogP) is 3.42. The first-order valence-electron chi connectivity index (χ1n) is 8.99. The average molecular weight is 383 g/mol. The Morgan fingerprint density at radius 3 is 2.39 bits per heavy atom. The molecular formula is C21H22FN3O3. The molecular weight excluding hydrogens is 361 g/mol. The van der Waals surface area contributed by atoms with Gasteiger partial charge < -0.3 is 10.1 Å². The quantitative estimate of drug-likeness (QED) is 0.709. The van der Waals surface area contributed by atoms with Gasteiger partial charge in [0.05, 0.1) is 11.4 Å². The molecule has 1 amide bonds. The van der Waals surface area contributed by atoms with Crippen molar-refractivity contribution in [1.82, 2.24) is 9.36 Å². The minimum Gasteiger partial charge on any atom is -0.481 e. The van der Waals surface area contributed by atoms with Crippen LogP contribution in [-0.4, -0.2) is 21.4 Å². The number of carbonyl (C=O) groups is 1. The largest absolute Gasteiger partial charge is 0.481 e. The summed E-state index contributed by atoms with van der Waals surface area (Å²) < 4.78 is 21.9. The van der Waals surface area contributed by atoms with E-state index >= 15 is 0 Å². The van der Waals surface area contributed by atoms with Crippen molar-refractivity contribution in [2.24, 2.45) is 7.05 Å². The summed E-state index contributed by atoms with van der Waals surface area (Å²) in [6, 6.07) is 14.6. The molecule has 0 fully saturated rings. The Morgan fingerprint density at radius 1 is 1.14 bits per heavy atom. The van der Waals surface area contributed by atoms with E-state index in [0.717, 1.165) is 0 Å². The van der Waals surface area contributed by atoms with Gasteiger partial charge in [-0.25, -0.2) is 9.07 Å². The molecule has 0 aliphatic rings. The zero-order valence-corrected chi connectivity index (χ0v) is 16.0. The number of ether oxygens (including phenoxy) is 1. The standard InChI is InChI=1S/C21H22FN3O3/c1-4-18(28-17-12-10-15(22)11-13-17)20(26)23-19-14(2)24(3)25(21(19)27)16-8-6-5-7-9-16/h5-13,18H,4H2,1-3H3,(H,23,26). The van der Waals surface area contributed by atoms with Gasteiger partial charge in [0.15, 0.2) is 6.10 Å². The summed E-state index contributed by atoms with van der Waals surface area (Å²) in [6.45, 7) is 3.56. The van der Waals surface area contributed by atoms with Gasteiger partial charge in [0.2, 0.25) is 0 Å². The minimum atomic E-state index is -0.811. The number of hydrogen-bond acceptors (Lipinski definition) is 3. The number of aromatic nitrogens is 2. The Balaban J connectivity index is 1.85. The maximum absolute atomic E-state index is 13.0. The van der Waals surface area contributed by atoms with Crippen molar-refractivity contribution in [3.05, 3.63) is 76.5 Å². The van der Waals surface area contributed by atoms with Crippen molar-refractivity contribution in [3.8, 4) is 11.4 Å². The van der Waals surface area contributed by atoms with Crippen LogP contribution < -0.4 is 15.6 Å². The lowest BCUT2D eigenvalue weighted by molar-refractivity contribution is -0.122. The summed E-state index contributed by atoms with van der Waals surface area (Å²) in [7, 11) is 1.76. The Hall–Kier alpha value is -3.35. The van der Waals surface area contributed by atoms with Gasteiger partial charge in [0.25, 0.3) is 11.5 Å². The lowest BCUT2D eigenvalue weighted by Crippen LogP contribution is -2.34. The SMILES string of the molecule is CCC(Oc1ccc(F)cc1)C(=O)Nc1c(C)n(C)n(-c2ccccc2)c1=O. The normalized spacial score (nSPS) is 11.9. The van der Waals surface area contributed by atoms with Gasteiger partial charge in [0.1, 0.15) is 17.3 Å².